The molecule has 0 radical (unpaired) electrons. The second-order valence-electron chi connectivity index (χ2n) is 8.00. The number of methoxy groups -OCH3 is 1. The number of carbonyl (C=O) groups is 3. The molecule has 1 aromatic heterocycles. The van der Waals surface area contributed by atoms with Gasteiger partial charge < -0.3 is 14.5 Å². The Balaban J connectivity index is 1.81. The summed E-state index contributed by atoms with van der Waals surface area (Å²) in [6, 6.07) is 1.47. The zero-order valence-corrected chi connectivity index (χ0v) is 17.2. The molecule has 0 saturated carbocycles. The van der Waals surface area contributed by atoms with E-state index in [-0.39, 0.29) is 23.8 Å². The number of aromatic nitrogens is 1. The summed E-state index contributed by atoms with van der Waals surface area (Å²) < 4.78 is 5.29. The highest BCUT2D eigenvalue weighted by molar-refractivity contribution is 6.07. The van der Waals surface area contributed by atoms with Crippen molar-refractivity contribution in [2.24, 2.45) is 5.92 Å². The molecule has 8 heteroatoms. The SMILES string of the molecule is COc1cnc(C)cc1C(=O)N1CCC2(CC1)C(=O)N(C)C(=O)N2CC(C)C. The van der Waals surface area contributed by atoms with Crippen LogP contribution in [-0.4, -0.2) is 76.9 Å². The molecular formula is C20H28N4O4. The second kappa shape index (κ2) is 7.41. The lowest BCUT2D eigenvalue weighted by molar-refractivity contribution is -0.134. The van der Waals surface area contributed by atoms with Crippen LogP contribution >= 0.6 is 0 Å². The molecule has 0 aromatic carbocycles. The second-order valence-corrected chi connectivity index (χ2v) is 8.00. The molecule has 2 fully saturated rings. The first kappa shape index (κ1) is 20.1. The number of likely N-dealkylation sites (tertiary alicyclic amines) is 1. The minimum Gasteiger partial charge on any atom is -0.494 e. The van der Waals surface area contributed by atoms with Gasteiger partial charge >= 0.3 is 6.03 Å². The van der Waals surface area contributed by atoms with Gasteiger partial charge in [-0.15, -0.1) is 0 Å². The Kier molecular flexibility index (Phi) is 5.32. The number of hydrogen-bond acceptors (Lipinski definition) is 5. The maximum atomic E-state index is 13.0. The van der Waals surface area contributed by atoms with E-state index in [9.17, 15) is 14.4 Å². The van der Waals surface area contributed by atoms with Crippen molar-refractivity contribution in [1.82, 2.24) is 19.7 Å². The summed E-state index contributed by atoms with van der Waals surface area (Å²) in [7, 11) is 3.05. The van der Waals surface area contributed by atoms with E-state index in [0.717, 1.165) is 5.69 Å². The maximum absolute atomic E-state index is 13.0. The summed E-state index contributed by atoms with van der Waals surface area (Å²) >= 11 is 0. The third kappa shape index (κ3) is 3.21. The average Bonchev–Trinajstić information content (AvgIpc) is 2.84. The quantitative estimate of drug-likeness (QED) is 0.736. The average molecular weight is 388 g/mol. The number of likely N-dealkylation sites (N-methyl/N-ethyl adjacent to an activating group) is 1. The molecule has 8 nitrogen and oxygen atoms in total. The highest BCUT2D eigenvalue weighted by Crippen LogP contribution is 2.37. The van der Waals surface area contributed by atoms with Crippen LogP contribution < -0.4 is 4.74 Å². The number of rotatable bonds is 4. The lowest BCUT2D eigenvalue weighted by atomic mass is 9.85. The highest BCUT2D eigenvalue weighted by Gasteiger charge is 2.57. The minimum absolute atomic E-state index is 0.141. The van der Waals surface area contributed by atoms with Crippen LogP contribution in [0.1, 0.15) is 42.7 Å². The third-order valence-corrected chi connectivity index (χ3v) is 5.62. The molecule has 2 aliphatic rings. The molecule has 0 aliphatic carbocycles. The van der Waals surface area contributed by atoms with Gasteiger partial charge in [-0.25, -0.2) is 4.79 Å². The Morgan fingerprint density at radius 1 is 1.29 bits per heavy atom. The molecule has 1 spiro atoms. The van der Waals surface area contributed by atoms with Gasteiger partial charge in [0, 0.05) is 32.4 Å². The molecule has 0 atom stereocenters. The fraction of sp³-hybridized carbons (Fsp3) is 0.600. The van der Waals surface area contributed by atoms with Crippen LogP contribution in [0.3, 0.4) is 0 Å². The zero-order chi connectivity index (χ0) is 20.6. The van der Waals surface area contributed by atoms with Crippen molar-refractivity contribution < 1.29 is 19.1 Å². The van der Waals surface area contributed by atoms with Crippen LogP contribution in [-0.2, 0) is 4.79 Å². The Bertz CT molecular complexity index is 799. The number of imide groups is 1. The molecule has 3 heterocycles. The molecule has 152 valence electrons. The summed E-state index contributed by atoms with van der Waals surface area (Å²) in [5.74, 6) is 0.383. The van der Waals surface area contributed by atoms with Gasteiger partial charge in [0.05, 0.1) is 18.9 Å². The van der Waals surface area contributed by atoms with Crippen molar-refractivity contribution in [2.75, 3.05) is 33.8 Å². The smallest absolute Gasteiger partial charge is 0.327 e. The molecule has 1 aromatic rings. The first-order chi connectivity index (χ1) is 13.2. The van der Waals surface area contributed by atoms with Gasteiger partial charge in [0.1, 0.15) is 11.3 Å². The Morgan fingerprint density at radius 2 is 1.93 bits per heavy atom. The van der Waals surface area contributed by atoms with Gasteiger partial charge in [0.25, 0.3) is 11.8 Å². The van der Waals surface area contributed by atoms with Crippen LogP contribution in [0.2, 0.25) is 0 Å². The third-order valence-electron chi connectivity index (χ3n) is 5.62. The lowest BCUT2D eigenvalue weighted by Crippen LogP contribution is -2.58. The maximum Gasteiger partial charge on any atom is 0.327 e. The van der Waals surface area contributed by atoms with Gasteiger partial charge in [0.2, 0.25) is 0 Å². The summed E-state index contributed by atoms with van der Waals surface area (Å²) in [5, 5.41) is 0. The normalized spacial score (nSPS) is 19.1. The van der Waals surface area contributed by atoms with Crippen molar-refractivity contribution in [1.29, 1.82) is 0 Å². The molecule has 4 amide bonds. The highest BCUT2D eigenvalue weighted by atomic mass is 16.5. The number of pyridine rings is 1. The Labute approximate surface area is 165 Å². The van der Waals surface area contributed by atoms with E-state index < -0.39 is 5.54 Å². The number of carbonyl (C=O) groups excluding carboxylic acids is 3. The number of aryl methyl sites for hydroxylation is 1. The largest absolute Gasteiger partial charge is 0.494 e. The number of hydrogen-bond donors (Lipinski definition) is 0. The minimum atomic E-state index is -0.842. The van der Waals surface area contributed by atoms with E-state index in [2.05, 4.69) is 4.98 Å². The van der Waals surface area contributed by atoms with E-state index in [1.54, 1.807) is 22.1 Å². The lowest BCUT2D eigenvalue weighted by Gasteiger charge is -2.42. The van der Waals surface area contributed by atoms with Crippen molar-refractivity contribution >= 4 is 17.8 Å². The van der Waals surface area contributed by atoms with Gasteiger partial charge in [-0.05, 0) is 31.7 Å². The standard InChI is InChI=1S/C20H28N4O4/c1-13(2)12-24-19(27)22(4)18(26)20(24)6-8-23(9-7-20)17(25)15-10-14(3)21-11-16(15)28-5/h10-11,13H,6-9,12H2,1-5H3. The molecule has 28 heavy (non-hydrogen) atoms. The molecular weight excluding hydrogens is 360 g/mol. The molecule has 3 rings (SSSR count). The van der Waals surface area contributed by atoms with Crippen LogP contribution in [0.5, 0.6) is 5.75 Å². The Morgan fingerprint density at radius 3 is 2.50 bits per heavy atom. The van der Waals surface area contributed by atoms with E-state index in [1.165, 1.54) is 19.1 Å². The molecule has 2 aliphatic heterocycles. The molecule has 0 N–H and O–H groups in total. The van der Waals surface area contributed by atoms with Gasteiger partial charge in [-0.2, -0.15) is 0 Å². The fourth-order valence-corrected chi connectivity index (χ4v) is 4.11. The van der Waals surface area contributed by atoms with Crippen LogP contribution in [0.25, 0.3) is 0 Å². The zero-order valence-electron chi connectivity index (χ0n) is 17.2. The van der Waals surface area contributed by atoms with E-state index in [1.807, 2.05) is 20.8 Å². The topological polar surface area (TPSA) is 83.0 Å². The van der Waals surface area contributed by atoms with Crippen LogP contribution in [0, 0.1) is 12.8 Å². The number of ether oxygens (including phenoxy) is 1. The Hall–Kier alpha value is -2.64. The summed E-state index contributed by atoms with van der Waals surface area (Å²) in [6.45, 7) is 7.22. The molecule has 0 unspecified atom stereocenters. The van der Waals surface area contributed by atoms with Crippen LogP contribution in [0.4, 0.5) is 4.79 Å². The van der Waals surface area contributed by atoms with Crippen molar-refractivity contribution in [2.45, 2.75) is 39.2 Å². The predicted octanol–water partition coefficient (Wildman–Crippen LogP) is 1.92. The fourth-order valence-electron chi connectivity index (χ4n) is 4.11. The van der Waals surface area contributed by atoms with Crippen molar-refractivity contribution in [3.05, 3.63) is 23.5 Å². The number of piperidine rings is 1. The number of nitrogens with zero attached hydrogens (tertiary/aromatic N) is 4. The first-order valence-corrected chi connectivity index (χ1v) is 9.61. The summed E-state index contributed by atoms with van der Waals surface area (Å²) in [5.41, 5.74) is 0.361. The van der Waals surface area contributed by atoms with Crippen molar-refractivity contribution in [3.8, 4) is 5.75 Å². The number of amides is 4. The van der Waals surface area contributed by atoms with Gasteiger partial charge in [-0.1, -0.05) is 13.8 Å². The summed E-state index contributed by atoms with van der Waals surface area (Å²) in [6.07, 6.45) is 2.42. The van der Waals surface area contributed by atoms with E-state index in [0.29, 0.717) is 43.8 Å². The number of urea groups is 1. The molecule has 0 bridgehead atoms. The van der Waals surface area contributed by atoms with Crippen molar-refractivity contribution in [3.63, 3.8) is 0 Å². The van der Waals surface area contributed by atoms with Crippen LogP contribution in [0.15, 0.2) is 12.3 Å². The van der Waals surface area contributed by atoms with Gasteiger partial charge in [-0.3, -0.25) is 19.5 Å². The first-order valence-electron chi connectivity index (χ1n) is 9.61. The monoisotopic (exact) mass is 388 g/mol. The summed E-state index contributed by atoms with van der Waals surface area (Å²) in [4.78, 5) is 47.4. The molecule has 2 saturated heterocycles. The van der Waals surface area contributed by atoms with Gasteiger partial charge in [0.15, 0.2) is 0 Å². The van der Waals surface area contributed by atoms with E-state index >= 15 is 0 Å². The van der Waals surface area contributed by atoms with E-state index in [4.69, 9.17) is 4.74 Å². The predicted molar refractivity (Wildman–Crippen MR) is 103 cm³/mol.